The summed E-state index contributed by atoms with van der Waals surface area (Å²) >= 11 is 0. The number of amides is 3. The van der Waals surface area contributed by atoms with Gasteiger partial charge < -0.3 is 25.0 Å². The number of rotatable bonds is 4. The largest absolute Gasteiger partial charge is 0.371 e. The van der Waals surface area contributed by atoms with Crippen LogP contribution in [-0.2, 0) is 23.9 Å². The number of likely N-dealkylation sites (tertiary alicyclic amines) is 1. The minimum absolute atomic E-state index is 0.0539. The maximum absolute atomic E-state index is 12.4. The van der Waals surface area contributed by atoms with Gasteiger partial charge in [-0.25, -0.2) is 0 Å². The van der Waals surface area contributed by atoms with Gasteiger partial charge in [-0.1, -0.05) is 12.8 Å². The molecule has 0 aromatic rings. The van der Waals surface area contributed by atoms with Crippen molar-refractivity contribution >= 4 is 17.7 Å². The summed E-state index contributed by atoms with van der Waals surface area (Å²) in [7, 11) is 0. The molecule has 0 aromatic carbocycles. The average Bonchev–Trinajstić information content (AvgIpc) is 3.11. The van der Waals surface area contributed by atoms with Crippen LogP contribution in [0.25, 0.3) is 0 Å². The third-order valence-electron chi connectivity index (χ3n) is 5.04. The second-order valence-corrected chi connectivity index (χ2v) is 7.06. The third-order valence-corrected chi connectivity index (χ3v) is 5.04. The van der Waals surface area contributed by atoms with E-state index in [2.05, 4.69) is 10.6 Å². The molecule has 8 nitrogen and oxygen atoms in total. The Hall–Kier alpha value is -1.67. The molecule has 2 N–H and O–H groups in total. The molecule has 3 heterocycles. The lowest BCUT2D eigenvalue weighted by molar-refractivity contribution is -0.137. The first-order valence-electron chi connectivity index (χ1n) is 9.12. The van der Waals surface area contributed by atoms with E-state index < -0.39 is 0 Å². The highest BCUT2D eigenvalue weighted by molar-refractivity contribution is 5.85. The van der Waals surface area contributed by atoms with E-state index in [1.807, 2.05) is 0 Å². The Kier molecular flexibility index (Phi) is 5.90. The van der Waals surface area contributed by atoms with Crippen LogP contribution in [0.4, 0.5) is 0 Å². The first-order chi connectivity index (χ1) is 12.0. The molecule has 0 radical (unpaired) electrons. The Labute approximate surface area is 147 Å². The molecule has 0 saturated carbocycles. The molecule has 0 aliphatic carbocycles. The highest BCUT2D eigenvalue weighted by atomic mass is 16.6. The first-order valence-corrected chi connectivity index (χ1v) is 9.12. The van der Waals surface area contributed by atoms with E-state index in [0.29, 0.717) is 26.2 Å². The van der Waals surface area contributed by atoms with Gasteiger partial charge in [0.2, 0.25) is 17.7 Å². The van der Waals surface area contributed by atoms with Crippen molar-refractivity contribution in [3.8, 4) is 0 Å². The lowest BCUT2D eigenvalue weighted by atomic mass is 10.1. The number of ether oxygens (including phenoxy) is 2. The van der Waals surface area contributed by atoms with E-state index in [9.17, 15) is 14.4 Å². The standard InChI is InChI=1S/C17H27N3O5/c1-11(21)18-12-9-24-17-13(10-25-16(12)17)19-14(22)8-20-7-5-3-2-4-6-15(20)23/h12-13,16-17H,2-10H2,1H3,(H,18,21)(H,19,22)/t12-,13-,16+,17+/m0/s1. The Balaban J connectivity index is 1.50. The maximum atomic E-state index is 12.4. The van der Waals surface area contributed by atoms with Gasteiger partial charge in [-0.15, -0.1) is 0 Å². The molecule has 3 aliphatic rings. The lowest BCUT2D eigenvalue weighted by Crippen LogP contribution is -2.49. The van der Waals surface area contributed by atoms with E-state index in [-0.39, 0.29) is 48.6 Å². The summed E-state index contributed by atoms with van der Waals surface area (Å²) in [4.78, 5) is 37.4. The van der Waals surface area contributed by atoms with Crippen molar-refractivity contribution in [2.75, 3.05) is 26.3 Å². The fourth-order valence-corrected chi connectivity index (χ4v) is 3.82. The summed E-state index contributed by atoms with van der Waals surface area (Å²) in [6.45, 7) is 2.92. The second-order valence-electron chi connectivity index (χ2n) is 7.06. The zero-order valence-corrected chi connectivity index (χ0v) is 14.7. The van der Waals surface area contributed by atoms with Crippen LogP contribution < -0.4 is 10.6 Å². The first kappa shape index (κ1) is 18.1. The molecular formula is C17H27N3O5. The summed E-state index contributed by atoms with van der Waals surface area (Å²) < 4.78 is 11.4. The molecule has 8 heteroatoms. The number of nitrogens with zero attached hydrogens (tertiary/aromatic N) is 1. The van der Waals surface area contributed by atoms with Crippen LogP contribution in [0, 0.1) is 0 Å². The number of hydrogen-bond donors (Lipinski definition) is 2. The molecule has 3 fully saturated rings. The van der Waals surface area contributed by atoms with Gasteiger partial charge in [0, 0.05) is 19.9 Å². The highest BCUT2D eigenvalue weighted by Crippen LogP contribution is 2.27. The molecular weight excluding hydrogens is 326 g/mol. The summed E-state index contributed by atoms with van der Waals surface area (Å²) in [6.07, 6.45) is 4.05. The van der Waals surface area contributed by atoms with E-state index in [4.69, 9.17) is 9.47 Å². The van der Waals surface area contributed by atoms with Crippen molar-refractivity contribution in [2.24, 2.45) is 0 Å². The van der Waals surface area contributed by atoms with Crippen molar-refractivity contribution in [3.63, 3.8) is 0 Å². The number of hydrogen-bond acceptors (Lipinski definition) is 5. The predicted octanol–water partition coefficient (Wildman–Crippen LogP) is -0.434. The summed E-state index contributed by atoms with van der Waals surface area (Å²) in [5.74, 6) is -0.256. The Morgan fingerprint density at radius 1 is 1.04 bits per heavy atom. The summed E-state index contributed by atoms with van der Waals surface area (Å²) in [6, 6.07) is -0.429. The third kappa shape index (κ3) is 4.49. The molecule has 0 spiro atoms. The number of carbonyl (C=O) groups is 3. The zero-order chi connectivity index (χ0) is 17.8. The van der Waals surface area contributed by atoms with Crippen LogP contribution in [-0.4, -0.2) is 73.2 Å². The molecule has 0 aromatic heterocycles. The van der Waals surface area contributed by atoms with Gasteiger partial charge in [0.25, 0.3) is 0 Å². The van der Waals surface area contributed by atoms with Gasteiger partial charge in [-0.2, -0.15) is 0 Å². The molecule has 3 rings (SSSR count). The minimum atomic E-state index is -0.260. The molecule has 3 aliphatic heterocycles. The normalized spacial score (nSPS) is 32.7. The predicted molar refractivity (Wildman–Crippen MR) is 88.7 cm³/mol. The Morgan fingerprint density at radius 3 is 2.36 bits per heavy atom. The Morgan fingerprint density at radius 2 is 1.68 bits per heavy atom. The smallest absolute Gasteiger partial charge is 0.240 e. The summed E-state index contributed by atoms with van der Waals surface area (Å²) in [5.41, 5.74) is 0. The van der Waals surface area contributed by atoms with Crippen LogP contribution in [0.5, 0.6) is 0 Å². The zero-order valence-electron chi connectivity index (χ0n) is 14.7. The van der Waals surface area contributed by atoms with Crippen LogP contribution in [0.15, 0.2) is 0 Å². The quantitative estimate of drug-likeness (QED) is 0.715. The molecule has 0 bridgehead atoms. The number of carbonyl (C=O) groups excluding carboxylic acids is 3. The fourth-order valence-electron chi connectivity index (χ4n) is 3.82. The van der Waals surface area contributed by atoms with Crippen LogP contribution in [0.1, 0.15) is 39.0 Å². The van der Waals surface area contributed by atoms with Crippen LogP contribution in [0.2, 0.25) is 0 Å². The average molecular weight is 353 g/mol. The van der Waals surface area contributed by atoms with E-state index in [1.165, 1.54) is 6.92 Å². The molecule has 0 unspecified atom stereocenters. The van der Waals surface area contributed by atoms with Crippen LogP contribution >= 0.6 is 0 Å². The molecule has 3 saturated heterocycles. The highest BCUT2D eigenvalue weighted by Gasteiger charge is 2.48. The molecule has 25 heavy (non-hydrogen) atoms. The van der Waals surface area contributed by atoms with Gasteiger partial charge in [-0.3, -0.25) is 14.4 Å². The van der Waals surface area contributed by atoms with Gasteiger partial charge in [-0.05, 0) is 12.8 Å². The fraction of sp³-hybridized carbons (Fsp3) is 0.824. The Bertz CT molecular complexity index is 526. The molecule has 4 atom stereocenters. The second kappa shape index (κ2) is 8.14. The van der Waals surface area contributed by atoms with Crippen molar-refractivity contribution in [2.45, 2.75) is 63.3 Å². The minimum Gasteiger partial charge on any atom is -0.371 e. The van der Waals surface area contributed by atoms with Crippen molar-refractivity contribution in [1.29, 1.82) is 0 Å². The van der Waals surface area contributed by atoms with E-state index >= 15 is 0 Å². The van der Waals surface area contributed by atoms with Gasteiger partial charge in [0.05, 0.1) is 31.8 Å². The summed E-state index contributed by atoms with van der Waals surface area (Å²) in [5, 5.41) is 5.75. The van der Waals surface area contributed by atoms with Gasteiger partial charge in [0.1, 0.15) is 12.2 Å². The van der Waals surface area contributed by atoms with E-state index in [1.54, 1.807) is 4.90 Å². The van der Waals surface area contributed by atoms with Gasteiger partial charge in [0.15, 0.2) is 0 Å². The van der Waals surface area contributed by atoms with Crippen molar-refractivity contribution in [3.05, 3.63) is 0 Å². The molecule has 140 valence electrons. The van der Waals surface area contributed by atoms with Crippen molar-refractivity contribution < 1.29 is 23.9 Å². The van der Waals surface area contributed by atoms with Gasteiger partial charge >= 0.3 is 0 Å². The number of fused-ring (bicyclic) bond motifs is 1. The lowest BCUT2D eigenvalue weighted by Gasteiger charge is -2.25. The van der Waals surface area contributed by atoms with Crippen LogP contribution in [0.3, 0.4) is 0 Å². The van der Waals surface area contributed by atoms with E-state index in [0.717, 1.165) is 25.7 Å². The topological polar surface area (TPSA) is 97.0 Å². The maximum Gasteiger partial charge on any atom is 0.240 e. The monoisotopic (exact) mass is 353 g/mol. The molecule has 3 amide bonds. The SMILES string of the molecule is CC(=O)N[C@H]1CO[C@H]2[C@@H]1OC[C@@H]2NC(=O)CN1CCCCCCC1=O. The van der Waals surface area contributed by atoms with Crippen molar-refractivity contribution in [1.82, 2.24) is 15.5 Å². The number of nitrogens with one attached hydrogen (secondary N) is 2.